The molecule has 0 aliphatic carbocycles. The van der Waals surface area contributed by atoms with Crippen LogP contribution in [0.25, 0.3) is 0 Å². The minimum atomic E-state index is -1.48. The van der Waals surface area contributed by atoms with Crippen molar-refractivity contribution in [2.24, 2.45) is 0 Å². The van der Waals surface area contributed by atoms with E-state index in [1.165, 1.54) is 6.92 Å². The first-order valence-corrected chi connectivity index (χ1v) is 5.07. The molecule has 1 rings (SSSR count). The number of nitrogens with one attached hydrogen (secondary N) is 1. The van der Waals surface area contributed by atoms with E-state index in [1.807, 2.05) is 0 Å². The molecule has 1 amide bonds. The van der Waals surface area contributed by atoms with Gasteiger partial charge in [-0.05, 0) is 19.1 Å². The normalized spacial score (nSPS) is 13.9. The number of benzene rings is 1. The second-order valence-electron chi connectivity index (χ2n) is 3.55. The number of aliphatic carboxylic acids is 1. The van der Waals surface area contributed by atoms with E-state index >= 15 is 0 Å². The number of amides is 1. The van der Waals surface area contributed by atoms with Gasteiger partial charge < -0.3 is 10.4 Å². The summed E-state index contributed by atoms with van der Waals surface area (Å²) in [5.41, 5.74) is 0.473. The van der Waals surface area contributed by atoms with E-state index in [9.17, 15) is 9.59 Å². The Morgan fingerprint density at radius 2 is 1.94 bits per heavy atom. The SMILES string of the molecule is CC(Cl)(CNC(=O)c1ccccc1)C(=O)O. The molecule has 0 aliphatic heterocycles. The third kappa shape index (κ3) is 3.24. The minimum absolute atomic E-state index is 0.127. The van der Waals surface area contributed by atoms with Crippen molar-refractivity contribution >= 4 is 23.5 Å². The second-order valence-corrected chi connectivity index (χ2v) is 4.39. The van der Waals surface area contributed by atoms with Crippen LogP contribution in [0.4, 0.5) is 0 Å². The summed E-state index contributed by atoms with van der Waals surface area (Å²) < 4.78 is 0. The topological polar surface area (TPSA) is 66.4 Å². The van der Waals surface area contributed by atoms with Crippen LogP contribution >= 0.6 is 11.6 Å². The fourth-order valence-electron chi connectivity index (χ4n) is 1.01. The van der Waals surface area contributed by atoms with Gasteiger partial charge >= 0.3 is 5.97 Å². The Balaban J connectivity index is 2.58. The van der Waals surface area contributed by atoms with Crippen LogP contribution in [0.2, 0.25) is 0 Å². The smallest absolute Gasteiger partial charge is 0.326 e. The Labute approximate surface area is 98.2 Å². The van der Waals surface area contributed by atoms with Crippen LogP contribution < -0.4 is 5.32 Å². The summed E-state index contributed by atoms with van der Waals surface area (Å²) in [5.74, 6) is -1.50. The van der Waals surface area contributed by atoms with Crippen LogP contribution in [-0.2, 0) is 4.79 Å². The number of rotatable bonds is 4. The molecule has 0 aliphatic rings. The predicted molar refractivity (Wildman–Crippen MR) is 60.7 cm³/mol. The van der Waals surface area contributed by atoms with Crippen molar-refractivity contribution in [3.8, 4) is 0 Å². The van der Waals surface area contributed by atoms with E-state index in [4.69, 9.17) is 16.7 Å². The molecule has 0 saturated carbocycles. The molecule has 1 aromatic carbocycles. The number of carboxylic acids is 1. The van der Waals surface area contributed by atoms with Gasteiger partial charge in [0.05, 0.1) is 0 Å². The van der Waals surface area contributed by atoms with E-state index in [0.29, 0.717) is 5.56 Å². The van der Waals surface area contributed by atoms with Gasteiger partial charge in [-0.1, -0.05) is 18.2 Å². The summed E-state index contributed by atoms with van der Waals surface area (Å²) in [7, 11) is 0. The summed E-state index contributed by atoms with van der Waals surface area (Å²) in [5, 5.41) is 11.2. The molecule has 4 nitrogen and oxygen atoms in total. The molecule has 0 heterocycles. The molecule has 1 aromatic rings. The van der Waals surface area contributed by atoms with Crippen molar-refractivity contribution in [1.82, 2.24) is 5.32 Å². The average Bonchev–Trinajstić information content (AvgIpc) is 2.27. The summed E-state index contributed by atoms with van der Waals surface area (Å²) in [4.78, 5) is 20.8. The van der Waals surface area contributed by atoms with Gasteiger partial charge in [-0.2, -0.15) is 0 Å². The maximum absolute atomic E-state index is 11.6. The van der Waals surface area contributed by atoms with Gasteiger partial charge in [-0.15, -0.1) is 11.6 Å². The summed E-state index contributed by atoms with van der Waals surface area (Å²) >= 11 is 5.69. The lowest BCUT2D eigenvalue weighted by atomic mass is 10.1. The largest absolute Gasteiger partial charge is 0.480 e. The standard InChI is InChI=1S/C11H12ClNO3/c1-11(12,10(15)16)7-13-9(14)8-5-3-2-4-6-8/h2-6H,7H2,1H3,(H,13,14)(H,15,16). The molecule has 86 valence electrons. The number of hydrogen-bond donors (Lipinski definition) is 2. The lowest BCUT2D eigenvalue weighted by molar-refractivity contribution is -0.139. The summed E-state index contributed by atoms with van der Waals surface area (Å²) in [6, 6.07) is 8.53. The summed E-state index contributed by atoms with van der Waals surface area (Å²) in [6.45, 7) is 1.21. The monoisotopic (exact) mass is 241 g/mol. The van der Waals surface area contributed by atoms with Crippen LogP contribution in [0.15, 0.2) is 30.3 Å². The van der Waals surface area contributed by atoms with Gasteiger partial charge in [0.2, 0.25) is 0 Å². The van der Waals surface area contributed by atoms with Crippen LogP contribution in [-0.4, -0.2) is 28.4 Å². The maximum Gasteiger partial charge on any atom is 0.326 e. The average molecular weight is 242 g/mol. The lowest BCUT2D eigenvalue weighted by Gasteiger charge is -2.16. The van der Waals surface area contributed by atoms with Crippen LogP contribution in [0, 0.1) is 0 Å². The lowest BCUT2D eigenvalue weighted by Crippen LogP contribution is -2.42. The van der Waals surface area contributed by atoms with Crippen molar-refractivity contribution in [1.29, 1.82) is 0 Å². The minimum Gasteiger partial charge on any atom is -0.480 e. The molecule has 0 aromatic heterocycles. The molecule has 0 spiro atoms. The Morgan fingerprint density at radius 3 is 2.44 bits per heavy atom. The fourth-order valence-corrected chi connectivity index (χ4v) is 1.08. The van der Waals surface area contributed by atoms with Crippen molar-refractivity contribution < 1.29 is 14.7 Å². The van der Waals surface area contributed by atoms with E-state index in [0.717, 1.165) is 0 Å². The zero-order chi connectivity index (χ0) is 12.2. The van der Waals surface area contributed by atoms with Crippen LogP contribution in [0.5, 0.6) is 0 Å². The number of carbonyl (C=O) groups excluding carboxylic acids is 1. The number of hydrogen-bond acceptors (Lipinski definition) is 2. The van der Waals surface area contributed by atoms with E-state index in [2.05, 4.69) is 5.32 Å². The Hall–Kier alpha value is -1.55. The van der Waals surface area contributed by atoms with Gasteiger partial charge in [0.15, 0.2) is 4.87 Å². The fraction of sp³-hybridized carbons (Fsp3) is 0.273. The second kappa shape index (κ2) is 4.99. The molecular formula is C11H12ClNO3. The highest BCUT2D eigenvalue weighted by atomic mass is 35.5. The molecule has 1 unspecified atom stereocenters. The maximum atomic E-state index is 11.6. The van der Waals surface area contributed by atoms with Gasteiger partial charge in [-0.3, -0.25) is 9.59 Å². The first-order chi connectivity index (χ1) is 7.43. The van der Waals surface area contributed by atoms with Crippen molar-refractivity contribution in [3.63, 3.8) is 0 Å². The highest BCUT2D eigenvalue weighted by molar-refractivity contribution is 6.33. The Kier molecular flexibility index (Phi) is 3.90. The van der Waals surface area contributed by atoms with Crippen molar-refractivity contribution in [2.45, 2.75) is 11.8 Å². The highest BCUT2D eigenvalue weighted by Gasteiger charge is 2.30. The molecule has 2 N–H and O–H groups in total. The summed E-state index contributed by atoms with van der Waals surface area (Å²) in [6.07, 6.45) is 0. The number of carboxylic acid groups (broad SMARTS) is 1. The first-order valence-electron chi connectivity index (χ1n) is 4.69. The molecule has 0 bridgehead atoms. The number of halogens is 1. The molecule has 0 radical (unpaired) electrons. The number of carbonyl (C=O) groups is 2. The number of alkyl halides is 1. The third-order valence-corrected chi connectivity index (χ3v) is 2.36. The van der Waals surface area contributed by atoms with Gasteiger partial charge in [0.25, 0.3) is 5.91 Å². The molecule has 1 atom stereocenters. The molecule has 16 heavy (non-hydrogen) atoms. The van der Waals surface area contributed by atoms with E-state index in [-0.39, 0.29) is 12.5 Å². The van der Waals surface area contributed by atoms with Gasteiger partial charge in [-0.25, -0.2) is 0 Å². The zero-order valence-corrected chi connectivity index (χ0v) is 9.49. The van der Waals surface area contributed by atoms with Gasteiger partial charge in [0, 0.05) is 12.1 Å². The zero-order valence-electron chi connectivity index (χ0n) is 8.74. The third-order valence-electron chi connectivity index (χ3n) is 2.06. The quantitative estimate of drug-likeness (QED) is 0.785. The van der Waals surface area contributed by atoms with E-state index < -0.39 is 10.8 Å². The predicted octanol–water partition coefficient (Wildman–Crippen LogP) is 1.50. The van der Waals surface area contributed by atoms with Crippen molar-refractivity contribution in [2.75, 3.05) is 6.54 Å². The molecule has 0 fully saturated rings. The van der Waals surface area contributed by atoms with Gasteiger partial charge in [0.1, 0.15) is 0 Å². The van der Waals surface area contributed by atoms with Crippen LogP contribution in [0.3, 0.4) is 0 Å². The van der Waals surface area contributed by atoms with Crippen molar-refractivity contribution in [3.05, 3.63) is 35.9 Å². The molecule has 5 heteroatoms. The highest BCUT2D eigenvalue weighted by Crippen LogP contribution is 2.12. The van der Waals surface area contributed by atoms with E-state index in [1.54, 1.807) is 30.3 Å². The first kappa shape index (κ1) is 12.5. The molecule has 0 saturated heterocycles. The molecular weight excluding hydrogens is 230 g/mol. The Bertz CT molecular complexity index is 389. The van der Waals surface area contributed by atoms with Crippen LogP contribution in [0.1, 0.15) is 17.3 Å². The Morgan fingerprint density at radius 1 is 1.38 bits per heavy atom.